The van der Waals surface area contributed by atoms with Gasteiger partial charge in [-0.1, -0.05) is 42.5 Å². The lowest BCUT2D eigenvalue weighted by atomic mass is 10.1. The number of rotatable bonds is 5. The van der Waals surface area contributed by atoms with Crippen molar-refractivity contribution in [2.24, 2.45) is 0 Å². The number of urea groups is 1. The highest BCUT2D eigenvalue weighted by atomic mass is 19.4. The molecule has 0 saturated carbocycles. The van der Waals surface area contributed by atoms with E-state index < -0.39 is 30.2 Å². The van der Waals surface area contributed by atoms with E-state index in [2.05, 4.69) is 15.6 Å². The van der Waals surface area contributed by atoms with Gasteiger partial charge in [0.1, 0.15) is 0 Å². The van der Waals surface area contributed by atoms with E-state index >= 15 is 0 Å². The van der Waals surface area contributed by atoms with Crippen molar-refractivity contribution in [2.45, 2.75) is 12.2 Å². The van der Waals surface area contributed by atoms with Gasteiger partial charge in [-0.2, -0.15) is 13.2 Å². The number of nitrogens with zero attached hydrogens (tertiary/aromatic N) is 1. The van der Waals surface area contributed by atoms with Crippen LogP contribution in [-0.2, 0) is 9.59 Å². The number of pyridine rings is 1. The molecule has 0 aliphatic heterocycles. The van der Waals surface area contributed by atoms with Gasteiger partial charge >= 0.3 is 24.1 Å². The highest BCUT2D eigenvalue weighted by Gasteiger charge is 2.38. The Labute approximate surface area is 185 Å². The lowest BCUT2D eigenvalue weighted by Gasteiger charge is -2.15. The van der Waals surface area contributed by atoms with Crippen molar-refractivity contribution in [1.29, 1.82) is 0 Å². The van der Waals surface area contributed by atoms with Crippen molar-refractivity contribution >= 4 is 23.7 Å². The van der Waals surface area contributed by atoms with E-state index in [4.69, 9.17) is 9.90 Å². The fourth-order valence-corrected chi connectivity index (χ4v) is 2.52. The van der Waals surface area contributed by atoms with E-state index in [1.165, 1.54) is 0 Å². The van der Waals surface area contributed by atoms with Crippen LogP contribution in [0, 0.1) is 0 Å². The number of amides is 2. The minimum Gasteiger partial charge on any atom is -0.479 e. The molecule has 0 aliphatic rings. The summed E-state index contributed by atoms with van der Waals surface area (Å²) in [6, 6.07) is 17.9. The highest BCUT2D eigenvalue weighted by Crippen LogP contribution is 2.21. The number of carboxylic acid groups (broad SMARTS) is 2. The molecule has 4 N–H and O–H groups in total. The van der Waals surface area contributed by atoms with Gasteiger partial charge in [0, 0.05) is 18.1 Å². The van der Waals surface area contributed by atoms with Crippen LogP contribution in [0.25, 0.3) is 11.1 Å². The fraction of sp³-hybridized carbons (Fsp3) is 0.0909. The summed E-state index contributed by atoms with van der Waals surface area (Å²) in [6.07, 6.45) is -1.66. The summed E-state index contributed by atoms with van der Waals surface area (Å²) in [5.41, 5.74) is 3.08. The number of carbonyl (C=O) groups excluding carboxylic acids is 1. The Bertz CT molecular complexity index is 1080. The van der Waals surface area contributed by atoms with Gasteiger partial charge in [-0.05, 0) is 41.0 Å². The molecule has 2 aromatic carbocycles. The summed E-state index contributed by atoms with van der Waals surface area (Å²) in [6.45, 7) is 0. The van der Waals surface area contributed by atoms with Crippen LogP contribution in [0.15, 0.2) is 79.1 Å². The maximum Gasteiger partial charge on any atom is 0.490 e. The molecule has 1 heterocycles. The van der Waals surface area contributed by atoms with Crippen LogP contribution in [0.1, 0.15) is 11.6 Å². The summed E-state index contributed by atoms with van der Waals surface area (Å²) in [5, 5.41) is 21.6. The van der Waals surface area contributed by atoms with Crippen LogP contribution < -0.4 is 10.6 Å². The first-order valence-electron chi connectivity index (χ1n) is 9.24. The molecule has 0 radical (unpaired) electrons. The molecule has 172 valence electrons. The SMILES string of the molecule is O=C(Nc1ccc(-c2ccncc2)cc1)N[C@H](C(=O)O)c1ccccc1.O=C(O)C(F)(F)F. The largest absolute Gasteiger partial charge is 0.490 e. The molecule has 2 amide bonds. The van der Waals surface area contributed by atoms with Gasteiger partial charge < -0.3 is 20.8 Å². The average molecular weight is 461 g/mol. The van der Waals surface area contributed by atoms with E-state index in [9.17, 15) is 27.9 Å². The molecule has 1 aromatic heterocycles. The number of alkyl halides is 3. The van der Waals surface area contributed by atoms with Crippen molar-refractivity contribution in [3.63, 3.8) is 0 Å². The summed E-state index contributed by atoms with van der Waals surface area (Å²) in [7, 11) is 0. The van der Waals surface area contributed by atoms with Crippen molar-refractivity contribution in [1.82, 2.24) is 10.3 Å². The summed E-state index contributed by atoms with van der Waals surface area (Å²) in [5.74, 6) is -3.88. The maximum atomic E-state index is 12.2. The molecule has 0 saturated heterocycles. The number of nitrogens with one attached hydrogen (secondary N) is 2. The Morgan fingerprint density at radius 2 is 1.33 bits per heavy atom. The van der Waals surface area contributed by atoms with E-state index in [1.54, 1.807) is 54.9 Å². The second-order valence-corrected chi connectivity index (χ2v) is 6.40. The summed E-state index contributed by atoms with van der Waals surface area (Å²) in [4.78, 5) is 36.5. The first kappa shape index (κ1) is 24.9. The number of aliphatic carboxylic acids is 2. The van der Waals surface area contributed by atoms with E-state index in [1.807, 2.05) is 24.3 Å². The monoisotopic (exact) mass is 461 g/mol. The van der Waals surface area contributed by atoms with E-state index in [0.717, 1.165) is 11.1 Å². The first-order valence-corrected chi connectivity index (χ1v) is 9.24. The Morgan fingerprint density at radius 1 is 0.818 bits per heavy atom. The van der Waals surface area contributed by atoms with Gasteiger partial charge in [0.25, 0.3) is 0 Å². The van der Waals surface area contributed by atoms with Gasteiger partial charge in [-0.15, -0.1) is 0 Å². The van der Waals surface area contributed by atoms with E-state index in [-0.39, 0.29) is 0 Å². The van der Waals surface area contributed by atoms with Crippen LogP contribution in [0.3, 0.4) is 0 Å². The van der Waals surface area contributed by atoms with Gasteiger partial charge in [0.15, 0.2) is 6.04 Å². The Kier molecular flexibility index (Phi) is 8.49. The van der Waals surface area contributed by atoms with Gasteiger partial charge in [0.05, 0.1) is 0 Å². The molecule has 33 heavy (non-hydrogen) atoms. The molecule has 8 nitrogen and oxygen atoms in total. The molecule has 0 unspecified atom stereocenters. The molecule has 1 atom stereocenters. The van der Waals surface area contributed by atoms with Gasteiger partial charge in [0.2, 0.25) is 0 Å². The Morgan fingerprint density at radius 3 is 1.82 bits per heavy atom. The number of hydrogen-bond donors (Lipinski definition) is 4. The minimum atomic E-state index is -5.08. The zero-order chi connectivity index (χ0) is 24.4. The molecule has 0 bridgehead atoms. The Hall–Kier alpha value is -4.41. The van der Waals surface area contributed by atoms with Crippen molar-refractivity contribution in [3.05, 3.63) is 84.7 Å². The average Bonchev–Trinajstić information content (AvgIpc) is 2.79. The second-order valence-electron chi connectivity index (χ2n) is 6.40. The van der Waals surface area contributed by atoms with Gasteiger partial charge in [-0.3, -0.25) is 4.98 Å². The molecule has 0 fully saturated rings. The molecule has 0 aliphatic carbocycles. The number of aromatic nitrogens is 1. The fourth-order valence-electron chi connectivity index (χ4n) is 2.52. The molecule has 11 heteroatoms. The molecular formula is C22H18F3N3O5. The third kappa shape index (κ3) is 7.98. The number of benzene rings is 2. The molecule has 3 rings (SSSR count). The summed E-state index contributed by atoms with van der Waals surface area (Å²) < 4.78 is 31.7. The summed E-state index contributed by atoms with van der Waals surface area (Å²) >= 11 is 0. The normalized spacial score (nSPS) is 11.4. The number of anilines is 1. The zero-order valence-electron chi connectivity index (χ0n) is 16.8. The predicted molar refractivity (Wildman–Crippen MR) is 112 cm³/mol. The van der Waals surface area contributed by atoms with Crippen LogP contribution >= 0.6 is 0 Å². The molecule has 0 spiro atoms. The maximum absolute atomic E-state index is 12.2. The molecular weight excluding hydrogens is 443 g/mol. The number of halogens is 3. The Balaban J connectivity index is 0.000000479. The third-order valence-corrected chi connectivity index (χ3v) is 4.05. The smallest absolute Gasteiger partial charge is 0.479 e. The quantitative estimate of drug-likeness (QED) is 0.448. The topological polar surface area (TPSA) is 129 Å². The lowest BCUT2D eigenvalue weighted by Crippen LogP contribution is -2.36. The van der Waals surface area contributed by atoms with Crippen LogP contribution in [0.4, 0.5) is 23.7 Å². The lowest BCUT2D eigenvalue weighted by molar-refractivity contribution is -0.192. The van der Waals surface area contributed by atoms with Crippen molar-refractivity contribution < 1.29 is 37.8 Å². The number of carbonyl (C=O) groups is 3. The molecule has 3 aromatic rings. The van der Waals surface area contributed by atoms with Crippen LogP contribution in [-0.4, -0.2) is 39.3 Å². The minimum absolute atomic E-state index is 0.503. The van der Waals surface area contributed by atoms with E-state index in [0.29, 0.717) is 11.3 Å². The first-order chi connectivity index (χ1) is 15.6. The number of hydrogen-bond acceptors (Lipinski definition) is 4. The van der Waals surface area contributed by atoms with Crippen LogP contribution in [0.5, 0.6) is 0 Å². The van der Waals surface area contributed by atoms with Gasteiger partial charge in [-0.25, -0.2) is 14.4 Å². The predicted octanol–water partition coefficient (Wildman–Crippen LogP) is 4.33. The number of carboxylic acids is 2. The van der Waals surface area contributed by atoms with Crippen LogP contribution in [0.2, 0.25) is 0 Å². The standard InChI is InChI=1S/C20H17N3O3.C2HF3O2/c24-19(25)18(16-4-2-1-3-5-16)23-20(26)22-17-8-6-14(7-9-17)15-10-12-21-13-11-15;3-2(4,5)1(6)7/h1-13,18H,(H,24,25)(H2,22,23,26);(H,6,7)/t18-;/m0./s1. The second kappa shape index (κ2) is 11.3. The van der Waals surface area contributed by atoms with Crippen molar-refractivity contribution in [2.75, 3.05) is 5.32 Å². The zero-order valence-corrected chi connectivity index (χ0v) is 16.8. The highest BCUT2D eigenvalue weighted by molar-refractivity contribution is 5.92. The van der Waals surface area contributed by atoms with Crippen molar-refractivity contribution in [3.8, 4) is 11.1 Å². The third-order valence-electron chi connectivity index (χ3n) is 4.05.